The Hall–Kier alpha value is -1.43. The molecule has 1 aromatic carbocycles. The lowest BCUT2D eigenvalue weighted by atomic mass is 10.1. The topological polar surface area (TPSA) is 60.7 Å². The number of benzene rings is 1. The Balaban J connectivity index is 3.08. The number of rotatable bonds is 1. The van der Waals surface area contributed by atoms with E-state index >= 15 is 0 Å². The summed E-state index contributed by atoms with van der Waals surface area (Å²) in [5.41, 5.74) is -0.685. The molecule has 0 saturated carbocycles. The molecule has 0 spiro atoms. The van der Waals surface area contributed by atoms with Crippen molar-refractivity contribution in [3.63, 3.8) is 0 Å². The maximum absolute atomic E-state index is 12.0. The highest BCUT2D eigenvalue weighted by atomic mass is 19.4. The van der Waals surface area contributed by atoms with Crippen molar-refractivity contribution in [3.05, 3.63) is 23.8 Å². The number of aliphatic hydroxyl groups is 1. The van der Waals surface area contributed by atoms with Crippen molar-refractivity contribution in [1.29, 1.82) is 0 Å². The van der Waals surface area contributed by atoms with Gasteiger partial charge in [0, 0.05) is 11.6 Å². The maximum atomic E-state index is 12.0. The summed E-state index contributed by atoms with van der Waals surface area (Å²) >= 11 is 0. The van der Waals surface area contributed by atoms with Crippen LogP contribution in [0.4, 0.5) is 13.2 Å². The average Bonchev–Trinajstić information content (AvgIpc) is 2.01. The van der Waals surface area contributed by atoms with E-state index < -0.39 is 23.6 Å². The van der Waals surface area contributed by atoms with Crippen LogP contribution in [0, 0.1) is 0 Å². The molecule has 0 radical (unpaired) electrons. The van der Waals surface area contributed by atoms with E-state index in [0.717, 1.165) is 18.2 Å². The molecule has 1 atom stereocenters. The van der Waals surface area contributed by atoms with E-state index in [-0.39, 0.29) is 5.75 Å². The first-order valence-corrected chi connectivity index (χ1v) is 3.59. The van der Waals surface area contributed by atoms with E-state index in [2.05, 4.69) is 0 Å². The Morgan fingerprint density at radius 1 is 1.14 bits per heavy atom. The quantitative estimate of drug-likeness (QED) is 0.658. The molecule has 0 amide bonds. The zero-order chi connectivity index (χ0) is 10.9. The summed E-state index contributed by atoms with van der Waals surface area (Å²) in [6.45, 7) is 0. The van der Waals surface area contributed by atoms with Gasteiger partial charge in [0.1, 0.15) is 11.5 Å². The van der Waals surface area contributed by atoms with Crippen molar-refractivity contribution in [2.24, 2.45) is 0 Å². The summed E-state index contributed by atoms with van der Waals surface area (Å²) in [5.74, 6) is -1.17. The molecule has 78 valence electrons. The van der Waals surface area contributed by atoms with Crippen LogP contribution in [0.1, 0.15) is 11.7 Å². The third-order valence-corrected chi connectivity index (χ3v) is 1.62. The summed E-state index contributed by atoms with van der Waals surface area (Å²) in [4.78, 5) is 0. The number of aliphatic hydroxyl groups excluding tert-OH is 1. The number of phenols is 2. The molecular formula is C8H7F3O3. The van der Waals surface area contributed by atoms with Gasteiger partial charge in [0.2, 0.25) is 0 Å². The molecule has 0 aromatic heterocycles. The van der Waals surface area contributed by atoms with Gasteiger partial charge in [0.05, 0.1) is 0 Å². The zero-order valence-corrected chi connectivity index (χ0v) is 6.78. The molecule has 0 heterocycles. The van der Waals surface area contributed by atoms with E-state index in [1.54, 1.807) is 0 Å². The fraction of sp³-hybridized carbons (Fsp3) is 0.250. The largest absolute Gasteiger partial charge is 0.508 e. The van der Waals surface area contributed by atoms with Gasteiger partial charge >= 0.3 is 6.18 Å². The number of aromatic hydroxyl groups is 2. The lowest BCUT2D eigenvalue weighted by molar-refractivity contribution is -0.207. The van der Waals surface area contributed by atoms with Crippen molar-refractivity contribution in [3.8, 4) is 11.5 Å². The first kappa shape index (κ1) is 10.6. The van der Waals surface area contributed by atoms with Crippen LogP contribution in [0.15, 0.2) is 18.2 Å². The maximum Gasteiger partial charge on any atom is 0.418 e. The molecule has 0 aliphatic heterocycles. The van der Waals surface area contributed by atoms with Crippen LogP contribution in [-0.4, -0.2) is 21.5 Å². The van der Waals surface area contributed by atoms with Crippen molar-refractivity contribution in [2.75, 3.05) is 0 Å². The third kappa shape index (κ3) is 2.08. The molecular weight excluding hydrogens is 201 g/mol. The van der Waals surface area contributed by atoms with Gasteiger partial charge in [0.25, 0.3) is 0 Å². The molecule has 0 fully saturated rings. The van der Waals surface area contributed by atoms with E-state index in [9.17, 15) is 13.2 Å². The Morgan fingerprint density at radius 3 is 2.14 bits per heavy atom. The SMILES string of the molecule is Oc1ccc([C@H](O)C(F)(F)F)c(O)c1. The van der Waals surface area contributed by atoms with E-state index in [4.69, 9.17) is 15.3 Å². The smallest absolute Gasteiger partial charge is 0.418 e. The van der Waals surface area contributed by atoms with Crippen LogP contribution in [0.2, 0.25) is 0 Å². The number of hydrogen-bond acceptors (Lipinski definition) is 3. The number of hydrogen-bond donors (Lipinski definition) is 3. The van der Waals surface area contributed by atoms with Gasteiger partial charge in [-0.05, 0) is 12.1 Å². The second-order valence-corrected chi connectivity index (χ2v) is 2.69. The Morgan fingerprint density at radius 2 is 1.71 bits per heavy atom. The molecule has 0 saturated heterocycles. The van der Waals surface area contributed by atoms with E-state index in [1.165, 1.54) is 0 Å². The first-order chi connectivity index (χ1) is 6.32. The Bertz CT molecular complexity index is 335. The minimum atomic E-state index is -4.84. The molecule has 0 aliphatic rings. The molecule has 3 N–H and O–H groups in total. The van der Waals surface area contributed by atoms with Crippen molar-refractivity contribution in [2.45, 2.75) is 12.3 Å². The normalized spacial score (nSPS) is 14.0. The number of phenolic OH excluding ortho intramolecular Hbond substituents is 2. The van der Waals surface area contributed by atoms with Crippen LogP contribution in [0.5, 0.6) is 11.5 Å². The van der Waals surface area contributed by atoms with Crippen molar-refractivity contribution >= 4 is 0 Å². The highest BCUT2D eigenvalue weighted by Crippen LogP contribution is 2.37. The first-order valence-electron chi connectivity index (χ1n) is 3.59. The average molecular weight is 208 g/mol. The van der Waals surface area contributed by atoms with Gasteiger partial charge in [0.15, 0.2) is 6.10 Å². The molecule has 0 aliphatic carbocycles. The summed E-state index contributed by atoms with van der Waals surface area (Å²) in [7, 11) is 0. The van der Waals surface area contributed by atoms with Gasteiger partial charge in [-0.1, -0.05) is 0 Å². The van der Waals surface area contributed by atoms with Gasteiger partial charge in [-0.15, -0.1) is 0 Å². The lowest BCUT2D eigenvalue weighted by Crippen LogP contribution is -2.20. The summed E-state index contributed by atoms with van der Waals surface area (Å²) in [6, 6.07) is 2.48. The molecule has 1 rings (SSSR count). The Kier molecular flexibility index (Phi) is 2.57. The lowest BCUT2D eigenvalue weighted by Gasteiger charge is -2.15. The summed E-state index contributed by atoms with van der Waals surface area (Å²) in [6.07, 6.45) is -7.59. The van der Waals surface area contributed by atoms with Crippen LogP contribution < -0.4 is 0 Å². The molecule has 6 heteroatoms. The number of alkyl halides is 3. The highest BCUT2D eigenvalue weighted by Gasteiger charge is 2.40. The predicted molar refractivity (Wildman–Crippen MR) is 40.8 cm³/mol. The summed E-state index contributed by atoms with van der Waals surface area (Å²) < 4.78 is 36.0. The van der Waals surface area contributed by atoms with Gasteiger partial charge in [-0.25, -0.2) is 0 Å². The minimum Gasteiger partial charge on any atom is -0.508 e. The van der Waals surface area contributed by atoms with Crippen molar-refractivity contribution in [1.82, 2.24) is 0 Å². The third-order valence-electron chi connectivity index (χ3n) is 1.62. The van der Waals surface area contributed by atoms with Gasteiger partial charge < -0.3 is 15.3 Å². The number of halogens is 3. The Labute approximate surface area is 77.0 Å². The molecule has 0 bridgehead atoms. The second kappa shape index (κ2) is 3.38. The minimum absolute atomic E-state index is 0.374. The van der Waals surface area contributed by atoms with Crippen LogP contribution in [-0.2, 0) is 0 Å². The van der Waals surface area contributed by atoms with E-state index in [1.807, 2.05) is 0 Å². The van der Waals surface area contributed by atoms with Crippen molar-refractivity contribution < 1.29 is 28.5 Å². The van der Waals surface area contributed by atoms with Gasteiger partial charge in [-0.3, -0.25) is 0 Å². The molecule has 1 aromatic rings. The fourth-order valence-corrected chi connectivity index (χ4v) is 0.940. The zero-order valence-electron chi connectivity index (χ0n) is 6.78. The molecule has 3 nitrogen and oxygen atoms in total. The van der Waals surface area contributed by atoms with Gasteiger partial charge in [-0.2, -0.15) is 13.2 Å². The second-order valence-electron chi connectivity index (χ2n) is 2.69. The monoisotopic (exact) mass is 208 g/mol. The standard InChI is InChI=1S/C8H7F3O3/c9-8(10,11)7(14)5-2-1-4(12)3-6(5)13/h1-3,7,12-14H/t7-/m0/s1. The molecule has 14 heavy (non-hydrogen) atoms. The van der Waals surface area contributed by atoms with E-state index in [0.29, 0.717) is 0 Å². The fourth-order valence-electron chi connectivity index (χ4n) is 0.940. The highest BCUT2D eigenvalue weighted by molar-refractivity contribution is 5.40. The van der Waals surface area contributed by atoms with Crippen LogP contribution >= 0.6 is 0 Å². The molecule has 0 unspecified atom stereocenters. The summed E-state index contributed by atoms with van der Waals surface area (Å²) in [5, 5.41) is 26.6. The van der Waals surface area contributed by atoms with Crippen LogP contribution in [0.25, 0.3) is 0 Å². The predicted octanol–water partition coefficient (Wildman–Crippen LogP) is 1.69. The van der Waals surface area contributed by atoms with Crippen LogP contribution in [0.3, 0.4) is 0 Å².